The minimum absolute atomic E-state index is 0.0819. The van der Waals surface area contributed by atoms with Crippen molar-refractivity contribution in [3.05, 3.63) is 34.6 Å². The van der Waals surface area contributed by atoms with Gasteiger partial charge >= 0.3 is 0 Å². The molecule has 0 aliphatic carbocycles. The van der Waals surface area contributed by atoms with Gasteiger partial charge in [-0.3, -0.25) is 4.79 Å². The Kier molecular flexibility index (Phi) is 3.34. The highest BCUT2D eigenvalue weighted by atomic mass is 35.5. The molecule has 1 amide bonds. The Morgan fingerprint density at radius 2 is 2.35 bits per heavy atom. The third-order valence-electron chi connectivity index (χ3n) is 2.17. The maximum atomic E-state index is 11.7. The highest BCUT2D eigenvalue weighted by Gasteiger charge is 2.08. The van der Waals surface area contributed by atoms with E-state index >= 15 is 0 Å². The first kappa shape index (κ1) is 11.5. The van der Waals surface area contributed by atoms with Crippen molar-refractivity contribution in [1.29, 1.82) is 0 Å². The fourth-order valence-corrected chi connectivity index (χ4v) is 1.59. The molecular weight excluding hydrogens is 242 g/mol. The molecule has 2 N–H and O–H groups in total. The molecule has 0 radical (unpaired) electrons. The van der Waals surface area contributed by atoms with Crippen LogP contribution in [0.1, 0.15) is 11.4 Å². The number of aromatic nitrogens is 4. The fourth-order valence-electron chi connectivity index (χ4n) is 1.36. The van der Waals surface area contributed by atoms with E-state index in [9.17, 15) is 4.79 Å². The number of halogens is 1. The average Bonchev–Trinajstić information content (AvgIpc) is 2.75. The standard InChI is InChI=1S/C10H10ClN5O/c1-6-4-7(11)2-3-8(6)12-10(17)5-9-13-15-16-14-9/h2-4H,5H2,1H3,(H,12,17)(H,13,14,15,16). The molecule has 2 rings (SSSR count). The molecule has 17 heavy (non-hydrogen) atoms. The largest absolute Gasteiger partial charge is 0.325 e. The summed E-state index contributed by atoms with van der Waals surface area (Å²) in [6, 6.07) is 5.26. The van der Waals surface area contributed by atoms with Crippen LogP contribution in [0.15, 0.2) is 18.2 Å². The molecule has 1 aromatic heterocycles. The van der Waals surface area contributed by atoms with Crippen LogP contribution < -0.4 is 5.32 Å². The third kappa shape index (κ3) is 3.01. The lowest BCUT2D eigenvalue weighted by Crippen LogP contribution is -2.16. The summed E-state index contributed by atoms with van der Waals surface area (Å²) in [6.45, 7) is 1.87. The summed E-state index contributed by atoms with van der Waals surface area (Å²) in [4.78, 5) is 11.7. The second-order valence-electron chi connectivity index (χ2n) is 3.51. The van der Waals surface area contributed by atoms with E-state index in [0.29, 0.717) is 10.8 Å². The number of benzene rings is 1. The lowest BCUT2D eigenvalue weighted by Gasteiger charge is -2.07. The molecule has 6 nitrogen and oxygen atoms in total. The van der Waals surface area contributed by atoms with Crippen LogP contribution in [0, 0.1) is 6.92 Å². The Morgan fingerprint density at radius 3 is 3.00 bits per heavy atom. The van der Waals surface area contributed by atoms with Gasteiger partial charge in [-0.2, -0.15) is 5.21 Å². The van der Waals surface area contributed by atoms with Gasteiger partial charge in [0.15, 0.2) is 5.82 Å². The van der Waals surface area contributed by atoms with E-state index in [-0.39, 0.29) is 12.3 Å². The van der Waals surface area contributed by atoms with Crippen molar-refractivity contribution in [2.45, 2.75) is 13.3 Å². The van der Waals surface area contributed by atoms with E-state index in [4.69, 9.17) is 11.6 Å². The predicted molar refractivity (Wildman–Crippen MR) is 62.7 cm³/mol. The molecule has 0 bridgehead atoms. The number of tetrazole rings is 1. The molecule has 1 heterocycles. The molecule has 0 aliphatic heterocycles. The first-order valence-electron chi connectivity index (χ1n) is 4.93. The number of carbonyl (C=O) groups is 1. The van der Waals surface area contributed by atoms with Gasteiger partial charge in [0, 0.05) is 10.7 Å². The van der Waals surface area contributed by atoms with Crippen molar-refractivity contribution in [2.24, 2.45) is 0 Å². The summed E-state index contributed by atoms with van der Waals surface area (Å²) in [5, 5.41) is 16.5. The van der Waals surface area contributed by atoms with Crippen molar-refractivity contribution in [3.8, 4) is 0 Å². The molecule has 1 aromatic carbocycles. The van der Waals surface area contributed by atoms with Gasteiger partial charge in [-0.1, -0.05) is 16.8 Å². The number of anilines is 1. The van der Waals surface area contributed by atoms with Crippen molar-refractivity contribution >= 4 is 23.2 Å². The molecule has 0 saturated carbocycles. The lowest BCUT2D eigenvalue weighted by molar-refractivity contribution is -0.115. The molecule has 0 saturated heterocycles. The van der Waals surface area contributed by atoms with Gasteiger partial charge < -0.3 is 5.32 Å². The smallest absolute Gasteiger partial charge is 0.232 e. The van der Waals surface area contributed by atoms with Crippen LogP contribution in [0.4, 0.5) is 5.69 Å². The molecular formula is C10H10ClN5O. The van der Waals surface area contributed by atoms with E-state index in [1.165, 1.54) is 0 Å². The Bertz CT molecular complexity index is 525. The number of nitrogens with one attached hydrogen (secondary N) is 2. The minimum atomic E-state index is -0.197. The molecule has 7 heteroatoms. The summed E-state index contributed by atoms with van der Waals surface area (Å²) in [5.41, 5.74) is 1.63. The number of aryl methyl sites for hydroxylation is 1. The molecule has 0 atom stereocenters. The van der Waals surface area contributed by atoms with Crippen LogP contribution in [0.3, 0.4) is 0 Å². The number of carbonyl (C=O) groups excluding carboxylic acids is 1. The quantitative estimate of drug-likeness (QED) is 0.862. The average molecular weight is 252 g/mol. The van der Waals surface area contributed by atoms with E-state index in [2.05, 4.69) is 25.9 Å². The first-order valence-corrected chi connectivity index (χ1v) is 5.31. The van der Waals surface area contributed by atoms with Gasteiger partial charge in [0.2, 0.25) is 5.91 Å². The number of aromatic amines is 1. The zero-order valence-electron chi connectivity index (χ0n) is 9.07. The van der Waals surface area contributed by atoms with Crippen LogP contribution in [0.25, 0.3) is 0 Å². The highest BCUT2D eigenvalue weighted by Crippen LogP contribution is 2.19. The second kappa shape index (κ2) is 4.92. The Hall–Kier alpha value is -1.95. The maximum absolute atomic E-state index is 11.7. The second-order valence-corrected chi connectivity index (χ2v) is 3.95. The van der Waals surface area contributed by atoms with Gasteiger partial charge in [-0.05, 0) is 30.7 Å². The lowest BCUT2D eigenvalue weighted by atomic mass is 10.2. The molecule has 2 aromatic rings. The van der Waals surface area contributed by atoms with Crippen LogP contribution in [-0.2, 0) is 11.2 Å². The van der Waals surface area contributed by atoms with Gasteiger partial charge in [0.1, 0.15) is 0 Å². The van der Waals surface area contributed by atoms with Crippen LogP contribution in [0.2, 0.25) is 5.02 Å². The number of nitrogens with zero attached hydrogens (tertiary/aromatic N) is 3. The Labute approximate surface area is 102 Å². The number of hydrogen-bond acceptors (Lipinski definition) is 4. The van der Waals surface area contributed by atoms with Crippen molar-refractivity contribution < 1.29 is 4.79 Å². The van der Waals surface area contributed by atoms with Crippen molar-refractivity contribution in [3.63, 3.8) is 0 Å². The van der Waals surface area contributed by atoms with E-state index < -0.39 is 0 Å². The minimum Gasteiger partial charge on any atom is -0.325 e. The Morgan fingerprint density at radius 1 is 1.53 bits per heavy atom. The summed E-state index contributed by atoms with van der Waals surface area (Å²) >= 11 is 5.82. The number of rotatable bonds is 3. The monoisotopic (exact) mass is 251 g/mol. The summed E-state index contributed by atoms with van der Waals surface area (Å²) < 4.78 is 0. The Balaban J connectivity index is 2.03. The third-order valence-corrected chi connectivity index (χ3v) is 2.41. The van der Waals surface area contributed by atoms with Gasteiger partial charge in [-0.25, -0.2) is 0 Å². The SMILES string of the molecule is Cc1cc(Cl)ccc1NC(=O)Cc1nn[nH]n1. The molecule has 0 unspecified atom stereocenters. The summed E-state index contributed by atoms with van der Waals surface area (Å²) in [7, 11) is 0. The maximum Gasteiger partial charge on any atom is 0.232 e. The number of hydrogen-bond donors (Lipinski definition) is 2. The first-order chi connectivity index (χ1) is 8.15. The van der Waals surface area contributed by atoms with E-state index in [1.54, 1.807) is 18.2 Å². The van der Waals surface area contributed by atoms with Crippen molar-refractivity contribution in [2.75, 3.05) is 5.32 Å². The number of amides is 1. The van der Waals surface area contributed by atoms with E-state index in [0.717, 1.165) is 11.3 Å². The predicted octanol–water partition coefficient (Wildman–Crippen LogP) is 1.34. The molecule has 0 fully saturated rings. The van der Waals surface area contributed by atoms with Crippen molar-refractivity contribution in [1.82, 2.24) is 20.6 Å². The highest BCUT2D eigenvalue weighted by molar-refractivity contribution is 6.30. The van der Waals surface area contributed by atoms with E-state index in [1.807, 2.05) is 6.92 Å². The summed E-state index contributed by atoms with van der Waals surface area (Å²) in [6.07, 6.45) is 0.0819. The topological polar surface area (TPSA) is 83.6 Å². The number of H-pyrrole nitrogens is 1. The van der Waals surface area contributed by atoms with Gasteiger partial charge in [0.25, 0.3) is 0 Å². The molecule has 0 spiro atoms. The molecule has 88 valence electrons. The van der Waals surface area contributed by atoms with Gasteiger partial charge in [-0.15, -0.1) is 10.2 Å². The fraction of sp³-hybridized carbons (Fsp3) is 0.200. The van der Waals surface area contributed by atoms with Gasteiger partial charge in [0.05, 0.1) is 6.42 Å². The van der Waals surface area contributed by atoms with Crippen LogP contribution in [0.5, 0.6) is 0 Å². The molecule has 0 aliphatic rings. The summed E-state index contributed by atoms with van der Waals surface area (Å²) in [5.74, 6) is 0.158. The normalized spacial score (nSPS) is 10.2. The van der Waals surface area contributed by atoms with Crippen LogP contribution >= 0.6 is 11.6 Å². The zero-order chi connectivity index (χ0) is 12.3. The van der Waals surface area contributed by atoms with Crippen LogP contribution in [-0.4, -0.2) is 26.5 Å². The zero-order valence-corrected chi connectivity index (χ0v) is 9.82.